The minimum Gasteiger partial charge on any atom is -0.456 e. The average Bonchev–Trinajstić information content (AvgIpc) is 3.74. The number of furan rings is 1. The van der Waals surface area contributed by atoms with Crippen LogP contribution >= 0.6 is 0 Å². The number of hydrogen-bond acceptors (Lipinski definition) is 1. The van der Waals surface area contributed by atoms with Gasteiger partial charge in [-0.2, -0.15) is 0 Å². The molecule has 56 heavy (non-hydrogen) atoms. The van der Waals surface area contributed by atoms with Gasteiger partial charge in [0.2, 0.25) is 0 Å². The fourth-order valence-corrected chi connectivity index (χ4v) is 10.1. The van der Waals surface area contributed by atoms with Gasteiger partial charge < -0.3 is 4.42 Å². The summed E-state index contributed by atoms with van der Waals surface area (Å²) in [5.41, 5.74) is 14.7. The van der Waals surface area contributed by atoms with Crippen molar-refractivity contribution in [2.24, 2.45) is 0 Å². The molecule has 0 saturated heterocycles. The fraction of sp³-hybridized carbons (Fsp3) is 0.0545. The first-order chi connectivity index (χ1) is 27.5. The quantitative estimate of drug-likeness (QED) is 0.166. The summed E-state index contributed by atoms with van der Waals surface area (Å²) in [5.74, 6) is 0. The van der Waals surface area contributed by atoms with Crippen molar-refractivity contribution in [2.45, 2.75) is 19.3 Å². The van der Waals surface area contributed by atoms with E-state index in [4.69, 9.17) is 4.42 Å². The van der Waals surface area contributed by atoms with Crippen molar-refractivity contribution >= 4 is 65.0 Å². The molecule has 1 aliphatic rings. The Morgan fingerprint density at radius 2 is 0.875 bits per heavy atom. The number of hydrogen-bond donors (Lipinski definition) is 0. The second kappa shape index (κ2) is 11.5. The highest BCUT2D eigenvalue weighted by Gasteiger charge is 2.38. The Morgan fingerprint density at radius 3 is 1.59 bits per heavy atom. The molecule has 1 nitrogen and oxygen atoms in total. The van der Waals surface area contributed by atoms with E-state index in [-0.39, 0.29) is 5.41 Å². The summed E-state index contributed by atoms with van der Waals surface area (Å²) in [6.45, 7) is 4.75. The van der Waals surface area contributed by atoms with E-state index in [9.17, 15) is 0 Å². The molecule has 0 N–H and O–H groups in total. The molecule has 0 unspecified atom stereocenters. The molecular weight excluding hydrogens is 677 g/mol. The monoisotopic (exact) mass is 712 g/mol. The molecule has 262 valence electrons. The summed E-state index contributed by atoms with van der Waals surface area (Å²) in [7, 11) is 0. The van der Waals surface area contributed by atoms with Crippen LogP contribution in [0.25, 0.3) is 110 Å². The fourth-order valence-electron chi connectivity index (χ4n) is 10.1. The highest BCUT2D eigenvalue weighted by molar-refractivity contribution is 6.24. The standard InChI is InChI=1S/C55H36O/c1-55(2)46-24-12-23-40(54(46)53-39-18-6-4-13-33(39)25-28-47(53)55)35-15-11-16-36(31-35)50-41-19-7-9-21-43(41)51(44-22-10-8-20-42(44)50)37-27-29-48-45(32-37)52-38-17-5-3-14-34(38)26-30-49(52)56-48/h3-32H,1-2H3. The van der Waals surface area contributed by atoms with Crippen LogP contribution in [0, 0.1) is 0 Å². The maximum atomic E-state index is 6.43. The number of rotatable bonds is 3. The van der Waals surface area contributed by atoms with Gasteiger partial charge in [-0.25, -0.2) is 0 Å². The molecule has 1 aromatic heterocycles. The number of fused-ring (bicyclic) bond motifs is 12. The van der Waals surface area contributed by atoms with Crippen molar-refractivity contribution in [3.8, 4) is 44.5 Å². The van der Waals surface area contributed by atoms with Crippen LogP contribution < -0.4 is 0 Å². The Balaban J connectivity index is 1.09. The molecule has 0 amide bonds. The van der Waals surface area contributed by atoms with Gasteiger partial charge in [0.15, 0.2) is 0 Å². The first-order valence-corrected chi connectivity index (χ1v) is 19.6. The van der Waals surface area contributed by atoms with Crippen LogP contribution in [0.15, 0.2) is 186 Å². The molecule has 0 spiro atoms. The normalized spacial score (nSPS) is 13.3. The van der Waals surface area contributed by atoms with E-state index in [1.807, 2.05) is 0 Å². The smallest absolute Gasteiger partial charge is 0.136 e. The van der Waals surface area contributed by atoms with Crippen LogP contribution in [0.3, 0.4) is 0 Å². The lowest BCUT2D eigenvalue weighted by molar-refractivity contribution is 0.661. The van der Waals surface area contributed by atoms with Gasteiger partial charge in [-0.1, -0.05) is 172 Å². The van der Waals surface area contributed by atoms with Gasteiger partial charge in [-0.3, -0.25) is 0 Å². The van der Waals surface area contributed by atoms with Crippen molar-refractivity contribution in [2.75, 3.05) is 0 Å². The summed E-state index contributed by atoms with van der Waals surface area (Å²) < 4.78 is 6.43. The summed E-state index contributed by atoms with van der Waals surface area (Å²) >= 11 is 0. The van der Waals surface area contributed by atoms with Crippen molar-refractivity contribution in [3.63, 3.8) is 0 Å². The van der Waals surface area contributed by atoms with Crippen molar-refractivity contribution in [3.05, 3.63) is 193 Å². The zero-order valence-electron chi connectivity index (χ0n) is 31.2. The molecule has 0 bridgehead atoms. The van der Waals surface area contributed by atoms with E-state index in [2.05, 4.69) is 196 Å². The van der Waals surface area contributed by atoms with Crippen molar-refractivity contribution in [1.29, 1.82) is 0 Å². The Kier molecular flexibility index (Phi) is 6.46. The van der Waals surface area contributed by atoms with Gasteiger partial charge in [-0.15, -0.1) is 0 Å². The Morgan fingerprint density at radius 1 is 0.339 bits per heavy atom. The highest BCUT2D eigenvalue weighted by atomic mass is 16.3. The summed E-state index contributed by atoms with van der Waals surface area (Å²) in [6, 6.07) is 67.2. The zero-order valence-corrected chi connectivity index (χ0v) is 31.2. The molecule has 1 heteroatoms. The van der Waals surface area contributed by atoms with Crippen LogP contribution in [-0.2, 0) is 5.41 Å². The first kappa shape index (κ1) is 31.4. The Hall–Kier alpha value is -6.96. The minimum absolute atomic E-state index is 0.0938. The topological polar surface area (TPSA) is 13.1 Å². The second-order valence-electron chi connectivity index (χ2n) is 16.0. The molecule has 11 aromatic rings. The molecular formula is C55H36O. The maximum absolute atomic E-state index is 6.43. The lowest BCUT2D eigenvalue weighted by Crippen LogP contribution is -2.14. The van der Waals surface area contributed by atoms with Gasteiger partial charge in [0, 0.05) is 16.2 Å². The first-order valence-electron chi connectivity index (χ1n) is 19.6. The van der Waals surface area contributed by atoms with E-state index < -0.39 is 0 Å². The van der Waals surface area contributed by atoms with Crippen LogP contribution in [0.4, 0.5) is 0 Å². The summed E-state index contributed by atoms with van der Waals surface area (Å²) in [5, 5.41) is 12.3. The molecule has 0 atom stereocenters. The molecule has 0 fully saturated rings. The van der Waals surface area contributed by atoms with E-state index >= 15 is 0 Å². The largest absolute Gasteiger partial charge is 0.456 e. The predicted molar refractivity (Wildman–Crippen MR) is 238 cm³/mol. The van der Waals surface area contributed by atoms with Gasteiger partial charge in [0.1, 0.15) is 11.2 Å². The van der Waals surface area contributed by atoms with E-state index in [0.717, 1.165) is 16.6 Å². The minimum atomic E-state index is -0.0938. The number of benzene rings is 10. The van der Waals surface area contributed by atoms with Gasteiger partial charge in [0.25, 0.3) is 0 Å². The Bertz CT molecular complexity index is 3390. The van der Waals surface area contributed by atoms with Crippen LogP contribution in [-0.4, -0.2) is 0 Å². The third-order valence-electron chi connectivity index (χ3n) is 12.6. The second-order valence-corrected chi connectivity index (χ2v) is 16.0. The maximum Gasteiger partial charge on any atom is 0.136 e. The van der Waals surface area contributed by atoms with Gasteiger partial charge in [-0.05, 0) is 123 Å². The molecule has 0 radical (unpaired) electrons. The molecule has 0 saturated carbocycles. The van der Waals surface area contributed by atoms with Crippen molar-refractivity contribution in [1.82, 2.24) is 0 Å². The van der Waals surface area contributed by atoms with E-state index in [0.29, 0.717) is 0 Å². The third-order valence-corrected chi connectivity index (χ3v) is 12.6. The van der Waals surface area contributed by atoms with Gasteiger partial charge in [0.05, 0.1) is 0 Å². The molecule has 10 aromatic carbocycles. The predicted octanol–water partition coefficient (Wildman–Crippen LogP) is 15.5. The molecule has 1 heterocycles. The van der Waals surface area contributed by atoms with Crippen molar-refractivity contribution < 1.29 is 4.42 Å². The zero-order chi connectivity index (χ0) is 37.1. The summed E-state index contributed by atoms with van der Waals surface area (Å²) in [6.07, 6.45) is 0. The van der Waals surface area contributed by atoms with Gasteiger partial charge >= 0.3 is 0 Å². The Labute approximate surface area is 325 Å². The average molecular weight is 713 g/mol. The van der Waals surface area contributed by atoms with E-state index in [1.165, 1.54) is 104 Å². The highest BCUT2D eigenvalue weighted by Crippen LogP contribution is 2.55. The third kappa shape index (κ3) is 4.31. The van der Waals surface area contributed by atoms with Crippen LogP contribution in [0.2, 0.25) is 0 Å². The van der Waals surface area contributed by atoms with E-state index in [1.54, 1.807) is 0 Å². The molecule has 12 rings (SSSR count). The molecule has 1 aliphatic carbocycles. The lowest BCUT2D eigenvalue weighted by Gasteiger charge is -2.22. The lowest BCUT2D eigenvalue weighted by atomic mass is 9.81. The molecule has 0 aliphatic heterocycles. The SMILES string of the molecule is CC1(C)c2cccc(-c3cccc(-c4c5ccccc5c(-c5ccc6oc7ccc8ccccc8c7c6c5)c5ccccc45)c3)c2-c2c1ccc1ccccc21. The van der Waals surface area contributed by atoms with Crippen LogP contribution in [0.1, 0.15) is 25.0 Å². The van der Waals surface area contributed by atoms with Crippen LogP contribution in [0.5, 0.6) is 0 Å². The summed E-state index contributed by atoms with van der Waals surface area (Å²) in [4.78, 5) is 0.